The van der Waals surface area contributed by atoms with E-state index in [0.717, 1.165) is 21.8 Å². The fourth-order valence-corrected chi connectivity index (χ4v) is 8.73. The molecule has 4 bridgehead atoms. The molecule has 7 rings (SSSR count). The van der Waals surface area contributed by atoms with E-state index in [2.05, 4.69) is 47.8 Å². The van der Waals surface area contributed by atoms with Gasteiger partial charge in [0.1, 0.15) is 0 Å². The van der Waals surface area contributed by atoms with Gasteiger partial charge in [-0.05, 0) is 109 Å². The van der Waals surface area contributed by atoms with Crippen molar-refractivity contribution in [2.24, 2.45) is 11.8 Å². The Morgan fingerprint density at radius 1 is 0.784 bits per heavy atom. The van der Waals surface area contributed by atoms with Crippen molar-refractivity contribution in [3.8, 4) is 0 Å². The highest BCUT2D eigenvalue weighted by molar-refractivity contribution is 7.89. The lowest BCUT2D eigenvalue weighted by Crippen LogP contribution is -2.55. The van der Waals surface area contributed by atoms with Gasteiger partial charge in [-0.15, -0.1) is 0 Å². The largest absolute Gasteiger partial charge is 0.322 e. The summed E-state index contributed by atoms with van der Waals surface area (Å²) in [4.78, 5) is 13.0. The van der Waals surface area contributed by atoms with Crippen LogP contribution in [0.2, 0.25) is 0 Å². The zero-order chi connectivity index (χ0) is 25.8. The van der Waals surface area contributed by atoms with Gasteiger partial charge in [-0.1, -0.05) is 42.5 Å². The maximum absolute atomic E-state index is 12.8. The van der Waals surface area contributed by atoms with E-state index in [1.807, 2.05) is 12.1 Å². The van der Waals surface area contributed by atoms with Crippen molar-refractivity contribution in [2.45, 2.75) is 54.3 Å². The molecule has 5 nitrogen and oxygen atoms in total. The molecule has 3 aromatic rings. The van der Waals surface area contributed by atoms with Gasteiger partial charge in [-0.3, -0.25) is 4.79 Å². The minimum absolute atomic E-state index is 0.169. The topological polar surface area (TPSA) is 66.5 Å². The first-order valence-corrected chi connectivity index (χ1v) is 14.6. The number of carbonyl (C=O) groups is 1. The molecule has 0 aromatic heterocycles. The molecular weight excluding hydrogens is 480 g/mol. The molecule has 0 spiro atoms. The fourth-order valence-electron chi connectivity index (χ4n) is 7.83. The van der Waals surface area contributed by atoms with E-state index in [4.69, 9.17) is 0 Å². The minimum atomic E-state index is -3.52. The monoisotopic (exact) mass is 514 g/mol. The molecule has 3 aromatic carbocycles. The first kappa shape index (κ1) is 24.4. The maximum atomic E-state index is 12.8. The number of benzene rings is 3. The molecule has 4 saturated carbocycles. The molecule has 1 amide bonds. The van der Waals surface area contributed by atoms with Crippen LogP contribution in [0.5, 0.6) is 0 Å². The molecule has 4 atom stereocenters. The molecule has 2 unspecified atom stereocenters. The lowest BCUT2D eigenvalue weighted by atomic mass is 9.42. The summed E-state index contributed by atoms with van der Waals surface area (Å²) in [5.74, 6) is 1.33. The van der Waals surface area contributed by atoms with E-state index in [1.165, 1.54) is 75.9 Å². The molecule has 6 heteroatoms. The zero-order valence-corrected chi connectivity index (χ0v) is 22.3. The van der Waals surface area contributed by atoms with Crippen LogP contribution >= 0.6 is 0 Å². The van der Waals surface area contributed by atoms with Crippen LogP contribution in [0.1, 0.15) is 60.0 Å². The normalized spacial score (nSPS) is 28.4. The van der Waals surface area contributed by atoms with Crippen LogP contribution in [-0.2, 0) is 20.9 Å². The summed E-state index contributed by atoms with van der Waals surface area (Å²) < 4.78 is 25.7. The van der Waals surface area contributed by atoms with Crippen LogP contribution < -0.4 is 5.32 Å². The second kappa shape index (κ2) is 8.81. The third kappa shape index (κ3) is 4.20. The molecule has 0 heterocycles. The number of sulfonamides is 1. The van der Waals surface area contributed by atoms with Crippen molar-refractivity contribution in [2.75, 3.05) is 19.4 Å². The lowest BCUT2D eigenvalue weighted by Gasteiger charge is -2.62. The molecule has 4 fully saturated rings. The van der Waals surface area contributed by atoms with Gasteiger partial charge in [0.2, 0.25) is 10.0 Å². The Balaban J connectivity index is 1.20. The molecule has 4 aliphatic rings. The van der Waals surface area contributed by atoms with Crippen LogP contribution in [0.3, 0.4) is 0 Å². The Hall–Kier alpha value is -2.96. The highest BCUT2D eigenvalue weighted by Crippen LogP contribution is 2.66. The molecule has 4 aliphatic carbocycles. The highest BCUT2D eigenvalue weighted by atomic mass is 32.2. The van der Waals surface area contributed by atoms with Gasteiger partial charge in [0, 0.05) is 25.3 Å². The number of carbonyl (C=O) groups excluding carboxylic acids is 1. The highest BCUT2D eigenvalue weighted by Gasteiger charge is 2.58. The van der Waals surface area contributed by atoms with E-state index in [9.17, 15) is 13.2 Å². The van der Waals surface area contributed by atoms with Crippen molar-refractivity contribution in [3.05, 3.63) is 95.6 Å². The van der Waals surface area contributed by atoms with Gasteiger partial charge < -0.3 is 5.32 Å². The standard InChI is InChI=1S/C31H34N2O3S/c1-33(2)37(35,36)28-14-8-24(9-15-28)29(34)32-27-12-10-26(11-13-27)31-19-22-16-23(20-31)18-30(17-22,21-31)25-6-4-3-5-7-25/h3-15,22-23H,16-21H2,1-2H3,(H,32,34)/t22-,23+,30?,31?. The quantitative estimate of drug-likeness (QED) is 0.440. The molecule has 37 heavy (non-hydrogen) atoms. The number of hydrogen-bond donors (Lipinski definition) is 1. The second-order valence-electron chi connectivity index (χ2n) is 11.7. The third-order valence-corrected chi connectivity index (χ3v) is 10.9. The van der Waals surface area contributed by atoms with Crippen LogP contribution in [-0.4, -0.2) is 32.7 Å². The van der Waals surface area contributed by atoms with Gasteiger partial charge in [-0.2, -0.15) is 0 Å². The smallest absolute Gasteiger partial charge is 0.255 e. The molecular formula is C31H34N2O3S. The van der Waals surface area contributed by atoms with Crippen LogP contribution in [0.25, 0.3) is 0 Å². The number of anilines is 1. The summed E-state index contributed by atoms with van der Waals surface area (Å²) >= 11 is 0. The minimum Gasteiger partial charge on any atom is -0.322 e. The van der Waals surface area contributed by atoms with Gasteiger partial charge in [-0.25, -0.2) is 12.7 Å². The number of amides is 1. The predicted octanol–water partition coefficient (Wildman–Crippen LogP) is 5.98. The predicted molar refractivity (Wildman–Crippen MR) is 146 cm³/mol. The van der Waals surface area contributed by atoms with Gasteiger partial charge in [0.15, 0.2) is 0 Å². The average Bonchev–Trinajstić information content (AvgIpc) is 2.89. The Kier molecular flexibility index (Phi) is 5.81. The molecule has 0 radical (unpaired) electrons. The molecule has 192 valence electrons. The van der Waals surface area contributed by atoms with E-state index in [0.29, 0.717) is 11.0 Å². The van der Waals surface area contributed by atoms with Crippen LogP contribution in [0.15, 0.2) is 83.8 Å². The first-order chi connectivity index (χ1) is 17.7. The summed E-state index contributed by atoms with van der Waals surface area (Å²) in [5.41, 5.74) is 4.61. The summed E-state index contributed by atoms with van der Waals surface area (Å²) in [7, 11) is -0.542. The van der Waals surface area contributed by atoms with Crippen molar-refractivity contribution in [1.29, 1.82) is 0 Å². The SMILES string of the molecule is CN(C)S(=O)(=O)c1ccc(C(=O)Nc2ccc(C34C[C@@H]5C[C@@H](CC(c6ccccc6)(C5)C3)C4)cc2)cc1. The Morgan fingerprint density at radius 3 is 1.86 bits per heavy atom. The van der Waals surface area contributed by atoms with Gasteiger partial charge >= 0.3 is 0 Å². The van der Waals surface area contributed by atoms with Gasteiger partial charge in [0.05, 0.1) is 4.90 Å². The van der Waals surface area contributed by atoms with E-state index < -0.39 is 10.0 Å². The van der Waals surface area contributed by atoms with Gasteiger partial charge in [0.25, 0.3) is 5.91 Å². The average molecular weight is 515 g/mol. The summed E-state index contributed by atoms with van der Waals surface area (Å²) in [6.45, 7) is 0. The summed E-state index contributed by atoms with van der Waals surface area (Å²) in [5, 5.41) is 2.97. The Bertz CT molecular complexity index is 1400. The maximum Gasteiger partial charge on any atom is 0.255 e. The van der Waals surface area contributed by atoms with Crippen LogP contribution in [0.4, 0.5) is 5.69 Å². The lowest BCUT2D eigenvalue weighted by molar-refractivity contribution is -0.0281. The molecule has 1 N–H and O–H groups in total. The summed E-state index contributed by atoms with van der Waals surface area (Å²) in [6, 6.07) is 25.7. The molecule has 0 saturated heterocycles. The van der Waals surface area contributed by atoms with Crippen LogP contribution in [0, 0.1) is 11.8 Å². The second-order valence-corrected chi connectivity index (χ2v) is 13.9. The van der Waals surface area contributed by atoms with Crippen molar-refractivity contribution < 1.29 is 13.2 Å². The zero-order valence-electron chi connectivity index (χ0n) is 21.5. The van der Waals surface area contributed by atoms with Crippen molar-refractivity contribution in [1.82, 2.24) is 4.31 Å². The Morgan fingerprint density at radius 2 is 1.32 bits per heavy atom. The van der Waals surface area contributed by atoms with Crippen molar-refractivity contribution >= 4 is 21.6 Å². The Labute approximate surface area is 220 Å². The fraction of sp³-hybridized carbons (Fsp3) is 0.387. The first-order valence-electron chi connectivity index (χ1n) is 13.2. The number of nitrogens with one attached hydrogen (secondary N) is 1. The van der Waals surface area contributed by atoms with E-state index >= 15 is 0 Å². The molecule has 0 aliphatic heterocycles. The number of nitrogens with zero attached hydrogens (tertiary/aromatic N) is 1. The summed E-state index contributed by atoms with van der Waals surface area (Å²) in [6.07, 6.45) is 7.76. The number of rotatable bonds is 6. The number of hydrogen-bond acceptors (Lipinski definition) is 3. The van der Waals surface area contributed by atoms with E-state index in [-0.39, 0.29) is 16.2 Å². The third-order valence-electron chi connectivity index (χ3n) is 9.10. The van der Waals surface area contributed by atoms with E-state index in [1.54, 1.807) is 12.1 Å². The van der Waals surface area contributed by atoms with Crippen molar-refractivity contribution in [3.63, 3.8) is 0 Å².